The van der Waals surface area contributed by atoms with Crippen LogP contribution in [-0.4, -0.2) is 59.0 Å². The molecule has 2 amide bonds. The third-order valence-electron chi connectivity index (χ3n) is 6.49. The molecule has 1 spiro atoms. The van der Waals surface area contributed by atoms with Crippen LogP contribution in [0.4, 0.5) is 0 Å². The Kier molecular flexibility index (Phi) is 4.78. The van der Waals surface area contributed by atoms with E-state index in [-0.39, 0.29) is 17.9 Å². The number of pyridine rings is 1. The summed E-state index contributed by atoms with van der Waals surface area (Å²) in [5, 5.41) is 0. The van der Waals surface area contributed by atoms with Crippen LogP contribution in [-0.2, 0) is 27.4 Å². The van der Waals surface area contributed by atoms with Crippen molar-refractivity contribution in [1.82, 2.24) is 14.8 Å². The van der Waals surface area contributed by atoms with Crippen LogP contribution in [0.2, 0.25) is 0 Å². The van der Waals surface area contributed by atoms with Gasteiger partial charge in [-0.25, -0.2) is 0 Å². The summed E-state index contributed by atoms with van der Waals surface area (Å²) in [6.45, 7) is 1.36. The predicted octanol–water partition coefficient (Wildman–Crippen LogP) is 2.03. The first-order valence-electron chi connectivity index (χ1n) is 10.4. The van der Waals surface area contributed by atoms with Crippen molar-refractivity contribution in [3.63, 3.8) is 0 Å². The highest BCUT2D eigenvalue weighted by Crippen LogP contribution is 2.52. The smallest absolute Gasteiger partial charge is 0.230 e. The molecule has 0 radical (unpaired) electrons. The van der Waals surface area contributed by atoms with Crippen LogP contribution < -0.4 is 4.74 Å². The van der Waals surface area contributed by atoms with Gasteiger partial charge in [-0.3, -0.25) is 14.6 Å². The zero-order valence-corrected chi connectivity index (χ0v) is 17.6. The monoisotopic (exact) mass is 419 g/mol. The van der Waals surface area contributed by atoms with E-state index in [2.05, 4.69) is 4.98 Å². The van der Waals surface area contributed by atoms with Gasteiger partial charge in [-0.2, -0.15) is 0 Å². The van der Waals surface area contributed by atoms with Crippen molar-refractivity contribution in [2.75, 3.05) is 20.7 Å². The van der Waals surface area contributed by atoms with Crippen LogP contribution in [0, 0.1) is 11.8 Å². The zero-order chi connectivity index (χ0) is 21.6. The van der Waals surface area contributed by atoms with Crippen molar-refractivity contribution in [1.29, 1.82) is 0 Å². The van der Waals surface area contributed by atoms with Crippen molar-refractivity contribution >= 4 is 11.8 Å². The molecule has 0 aliphatic carbocycles. The third-order valence-corrected chi connectivity index (χ3v) is 6.49. The fourth-order valence-electron chi connectivity index (χ4n) is 5.08. The van der Waals surface area contributed by atoms with E-state index in [1.807, 2.05) is 48.6 Å². The van der Waals surface area contributed by atoms with E-state index in [0.717, 1.165) is 16.9 Å². The van der Waals surface area contributed by atoms with Gasteiger partial charge in [0, 0.05) is 32.5 Å². The van der Waals surface area contributed by atoms with Gasteiger partial charge in [0.05, 0.1) is 31.6 Å². The average molecular weight is 419 g/mol. The number of likely N-dealkylation sites (tertiary alicyclic amines) is 1. The highest BCUT2D eigenvalue weighted by molar-refractivity contribution is 5.93. The Labute approximate surface area is 181 Å². The van der Waals surface area contributed by atoms with Crippen LogP contribution in [0.3, 0.4) is 0 Å². The number of carbonyl (C=O) groups is 2. The number of nitrogens with zero attached hydrogens (tertiary/aromatic N) is 3. The van der Waals surface area contributed by atoms with E-state index < -0.39 is 17.4 Å². The molecule has 31 heavy (non-hydrogen) atoms. The van der Waals surface area contributed by atoms with Crippen LogP contribution >= 0.6 is 0 Å². The minimum Gasteiger partial charge on any atom is -0.497 e. The third kappa shape index (κ3) is 3.29. The van der Waals surface area contributed by atoms with Gasteiger partial charge in [0.2, 0.25) is 11.8 Å². The summed E-state index contributed by atoms with van der Waals surface area (Å²) < 4.78 is 11.5. The molecule has 1 aromatic carbocycles. The number of aromatic nitrogens is 1. The average Bonchev–Trinajstić information content (AvgIpc) is 3.42. The van der Waals surface area contributed by atoms with E-state index in [9.17, 15) is 9.59 Å². The van der Waals surface area contributed by atoms with Crippen molar-refractivity contribution in [2.45, 2.75) is 24.8 Å². The number of benzene rings is 1. The quantitative estimate of drug-likeness (QED) is 0.670. The van der Waals surface area contributed by atoms with E-state index in [1.54, 1.807) is 36.4 Å². The second kappa shape index (κ2) is 7.50. The maximum atomic E-state index is 13.4. The number of amides is 2. The first-order valence-corrected chi connectivity index (χ1v) is 10.4. The van der Waals surface area contributed by atoms with E-state index >= 15 is 0 Å². The largest absolute Gasteiger partial charge is 0.497 e. The topological polar surface area (TPSA) is 72.0 Å². The molecule has 2 fully saturated rings. The number of ether oxygens (including phenoxy) is 2. The zero-order valence-electron chi connectivity index (χ0n) is 17.6. The molecule has 160 valence electrons. The molecule has 7 nitrogen and oxygen atoms in total. The fourth-order valence-corrected chi connectivity index (χ4v) is 5.08. The van der Waals surface area contributed by atoms with Crippen molar-refractivity contribution in [2.24, 2.45) is 11.8 Å². The maximum Gasteiger partial charge on any atom is 0.230 e. The van der Waals surface area contributed by atoms with E-state index in [0.29, 0.717) is 19.6 Å². The summed E-state index contributed by atoms with van der Waals surface area (Å²) in [6, 6.07) is 11.5. The van der Waals surface area contributed by atoms with Crippen LogP contribution in [0.5, 0.6) is 5.75 Å². The molecule has 0 unspecified atom stereocenters. The lowest BCUT2D eigenvalue weighted by Crippen LogP contribution is -2.44. The summed E-state index contributed by atoms with van der Waals surface area (Å²) in [6.07, 6.45) is 7.03. The van der Waals surface area contributed by atoms with Crippen LogP contribution in [0.1, 0.15) is 11.1 Å². The molecule has 2 saturated heterocycles. The van der Waals surface area contributed by atoms with Gasteiger partial charge in [-0.05, 0) is 29.3 Å². The number of methoxy groups -OCH3 is 1. The van der Waals surface area contributed by atoms with Crippen molar-refractivity contribution < 1.29 is 19.1 Å². The number of hydrogen-bond donors (Lipinski definition) is 0. The molecule has 1 aromatic heterocycles. The van der Waals surface area contributed by atoms with Gasteiger partial charge >= 0.3 is 0 Å². The molecular weight excluding hydrogens is 394 g/mol. The normalized spacial score (nSPS) is 28.1. The molecular formula is C24H25N3O4. The Morgan fingerprint density at radius 3 is 2.94 bits per heavy atom. The maximum absolute atomic E-state index is 13.4. The first kappa shape index (κ1) is 19.8. The number of hydrogen-bond acceptors (Lipinski definition) is 5. The van der Waals surface area contributed by atoms with E-state index in [4.69, 9.17) is 9.47 Å². The second-order valence-electron chi connectivity index (χ2n) is 8.50. The van der Waals surface area contributed by atoms with Gasteiger partial charge in [-0.15, -0.1) is 0 Å². The van der Waals surface area contributed by atoms with Crippen LogP contribution in [0.25, 0.3) is 0 Å². The van der Waals surface area contributed by atoms with E-state index in [1.165, 1.54) is 0 Å². The lowest BCUT2D eigenvalue weighted by atomic mass is 9.76. The molecule has 4 atom stereocenters. The van der Waals surface area contributed by atoms with Gasteiger partial charge in [0.1, 0.15) is 11.4 Å². The molecule has 3 aliphatic rings. The lowest BCUT2D eigenvalue weighted by Gasteiger charge is -2.27. The Bertz CT molecular complexity index is 1040. The molecule has 7 heteroatoms. The number of fused-ring (bicyclic) bond motifs is 1. The first-order chi connectivity index (χ1) is 15.0. The molecule has 0 saturated carbocycles. The summed E-state index contributed by atoms with van der Waals surface area (Å²) in [5.74, 6) is -0.333. The molecule has 0 N–H and O–H groups in total. The number of carbonyl (C=O) groups excluding carboxylic acids is 2. The minimum atomic E-state index is -0.712. The molecule has 3 aliphatic heterocycles. The highest BCUT2D eigenvalue weighted by Gasteiger charge is 2.67. The van der Waals surface area contributed by atoms with Gasteiger partial charge in [-0.1, -0.05) is 30.4 Å². The highest BCUT2D eigenvalue weighted by atomic mass is 16.5. The Morgan fingerprint density at radius 1 is 1.32 bits per heavy atom. The summed E-state index contributed by atoms with van der Waals surface area (Å²) in [4.78, 5) is 34.4. The summed E-state index contributed by atoms with van der Waals surface area (Å²) in [7, 11) is 3.39. The minimum absolute atomic E-state index is 0.0252. The Balaban J connectivity index is 1.35. The van der Waals surface area contributed by atoms with Gasteiger partial charge in [0.15, 0.2) is 0 Å². The fraction of sp³-hybridized carbons (Fsp3) is 0.375. The second-order valence-corrected chi connectivity index (χ2v) is 8.50. The predicted molar refractivity (Wildman–Crippen MR) is 113 cm³/mol. The van der Waals surface area contributed by atoms with Crippen molar-refractivity contribution in [3.8, 4) is 5.75 Å². The SMILES string of the molecule is COc1cccc(CN2C[C@]34C=C[C@H](O3)[C@@H](C(=O)N(C)Cc3cccnc3)[C@@H]4C2=O)c1. The molecule has 2 aromatic rings. The number of rotatable bonds is 6. The Hall–Kier alpha value is -3.19. The molecule has 4 heterocycles. The summed E-state index contributed by atoms with van der Waals surface area (Å²) in [5.41, 5.74) is 1.22. The van der Waals surface area contributed by atoms with Gasteiger partial charge < -0.3 is 19.3 Å². The van der Waals surface area contributed by atoms with Gasteiger partial charge in [0.25, 0.3) is 0 Å². The van der Waals surface area contributed by atoms with Crippen LogP contribution in [0.15, 0.2) is 60.9 Å². The molecule has 5 rings (SSSR count). The lowest BCUT2D eigenvalue weighted by molar-refractivity contribution is -0.142. The van der Waals surface area contributed by atoms with Crippen molar-refractivity contribution in [3.05, 3.63) is 72.1 Å². The summed E-state index contributed by atoms with van der Waals surface area (Å²) >= 11 is 0. The standard InChI is InChI=1S/C24H25N3O4/c1-26(13-17-6-4-10-25-12-17)22(28)20-19-8-9-24(31-19)15-27(23(29)21(20)24)14-16-5-3-7-18(11-16)30-2/h3-12,19-21H,13-15H2,1-2H3/t19-,20+,21+,24-/m0/s1. The Morgan fingerprint density at radius 2 is 2.16 bits per heavy atom. The molecule has 2 bridgehead atoms.